The van der Waals surface area contributed by atoms with Crippen LogP contribution in [0, 0.1) is 45.9 Å². The molecule has 7 aromatic carbocycles. The van der Waals surface area contributed by atoms with E-state index in [-0.39, 0.29) is 0 Å². The molecule has 0 spiro atoms. The zero-order valence-electron chi connectivity index (χ0n) is 56.8. The molecule has 0 aliphatic rings. The zero-order valence-corrected chi connectivity index (χ0v) is 60.8. The van der Waals surface area contributed by atoms with Crippen molar-refractivity contribution >= 4 is 120 Å². The van der Waals surface area contributed by atoms with E-state index in [0.717, 1.165) is 109 Å². The molecular formula is C78H98N4Si4. The molecule has 0 saturated carbocycles. The van der Waals surface area contributed by atoms with Gasteiger partial charge in [0.25, 0.3) is 0 Å². The van der Waals surface area contributed by atoms with Crippen LogP contribution in [0.5, 0.6) is 0 Å². The number of aromatic nitrogens is 4. The first-order valence-corrected chi connectivity index (χ1v) is 41.7. The van der Waals surface area contributed by atoms with Crippen molar-refractivity contribution in [2.75, 3.05) is 0 Å². The maximum Gasteiger partial charge on any atom is 0.146 e. The van der Waals surface area contributed by atoms with Crippen molar-refractivity contribution in [3.05, 3.63) is 107 Å². The van der Waals surface area contributed by atoms with Gasteiger partial charge in [0, 0.05) is 32.3 Å². The van der Waals surface area contributed by atoms with Gasteiger partial charge in [0.2, 0.25) is 0 Å². The molecule has 0 aliphatic carbocycles. The molecule has 0 amide bonds. The van der Waals surface area contributed by atoms with Crippen LogP contribution in [0.3, 0.4) is 0 Å². The Kier molecular flexibility index (Phi) is 18.3. The standard InChI is InChI=1S/C78H98N4Si4/c1-47(2)83(48(3)4,49(5)6)41-37-65-61-29-25-27-31-63(61)67(39-43-85(53(13)14,54(15)16)55(17)18)77-75(65)79-71-35-33-59-45-60-34-36-72-74(70(60)46-69(59)73(71)81-77)82-78-68(40-44-86(56(19)20,57(21)22)58(23)24)64-32-28-26-30-62(64)66(76(78)80-72)38-42-84(50(7)8,51(9)10)52(11)12/h25-36,45-58H,1-24H3. The van der Waals surface area contributed by atoms with Crippen molar-refractivity contribution < 1.29 is 0 Å². The first kappa shape index (κ1) is 64.4. The Hall–Kier alpha value is -6.11. The van der Waals surface area contributed by atoms with Crippen LogP contribution in [-0.2, 0) is 0 Å². The van der Waals surface area contributed by atoms with Gasteiger partial charge in [0.1, 0.15) is 54.4 Å². The van der Waals surface area contributed by atoms with Gasteiger partial charge in [-0.2, -0.15) is 0 Å². The highest BCUT2D eigenvalue weighted by Crippen LogP contribution is 2.46. The normalized spacial score (nSPS) is 13.1. The van der Waals surface area contributed by atoms with E-state index in [9.17, 15) is 0 Å². The molecule has 0 saturated heterocycles. The highest BCUT2D eigenvalue weighted by molar-refractivity contribution is 6.92. The fourth-order valence-electron chi connectivity index (χ4n) is 17.1. The largest absolute Gasteiger partial charge is 0.243 e. The van der Waals surface area contributed by atoms with E-state index in [0.29, 0.717) is 66.5 Å². The summed E-state index contributed by atoms with van der Waals surface area (Å²) in [6, 6.07) is 31.0. The Morgan fingerprint density at radius 2 is 0.465 bits per heavy atom. The second-order valence-corrected chi connectivity index (χ2v) is 51.5. The smallest absolute Gasteiger partial charge is 0.146 e. The summed E-state index contributed by atoms with van der Waals surface area (Å²) in [5, 5.41) is 8.58. The number of rotatable bonds is 12. The first-order valence-electron chi connectivity index (χ1n) is 32.7. The lowest BCUT2D eigenvalue weighted by Gasteiger charge is -2.38. The lowest BCUT2D eigenvalue weighted by Crippen LogP contribution is -2.43. The van der Waals surface area contributed by atoms with E-state index in [4.69, 9.17) is 19.9 Å². The third kappa shape index (κ3) is 10.5. The predicted octanol–water partition coefficient (Wildman–Crippen LogP) is 22.8. The maximum atomic E-state index is 5.90. The molecule has 0 radical (unpaired) electrons. The molecule has 446 valence electrons. The first-order chi connectivity index (χ1) is 40.5. The van der Waals surface area contributed by atoms with Gasteiger partial charge >= 0.3 is 0 Å². The van der Waals surface area contributed by atoms with Crippen molar-refractivity contribution in [3.8, 4) is 45.9 Å². The molecule has 8 heteroatoms. The Labute approximate surface area is 521 Å². The molecule has 0 unspecified atom stereocenters. The zero-order chi connectivity index (χ0) is 62.9. The molecule has 4 nitrogen and oxygen atoms in total. The topological polar surface area (TPSA) is 51.6 Å². The average Bonchev–Trinajstić information content (AvgIpc) is 0.786. The third-order valence-corrected chi connectivity index (χ3v) is 46.5. The summed E-state index contributed by atoms with van der Waals surface area (Å²) >= 11 is 0. The fraction of sp³-hybridized carbons (Fsp3) is 0.462. The molecule has 0 bridgehead atoms. The van der Waals surface area contributed by atoms with E-state index >= 15 is 0 Å². The number of nitrogens with zero attached hydrogens (tertiary/aromatic N) is 4. The minimum absolute atomic E-state index is 0.468. The maximum absolute atomic E-state index is 5.90. The quantitative estimate of drug-likeness (QED) is 0.0529. The van der Waals surface area contributed by atoms with Crippen molar-refractivity contribution in [1.29, 1.82) is 0 Å². The second-order valence-electron chi connectivity index (χ2n) is 29.2. The number of hydrogen-bond acceptors (Lipinski definition) is 4. The average molecular weight is 1200 g/mol. The molecule has 0 atom stereocenters. The van der Waals surface area contributed by atoms with Gasteiger partial charge < -0.3 is 0 Å². The van der Waals surface area contributed by atoms with Gasteiger partial charge in [-0.25, -0.2) is 19.9 Å². The molecule has 9 rings (SSSR count). The summed E-state index contributed by atoms with van der Waals surface area (Å²) in [6.07, 6.45) is 0. The molecule has 0 aliphatic heterocycles. The summed E-state index contributed by atoms with van der Waals surface area (Å²) in [6.45, 7) is 57.4. The molecule has 2 aromatic heterocycles. The van der Waals surface area contributed by atoms with Gasteiger partial charge in [-0.1, -0.05) is 251 Å². The van der Waals surface area contributed by atoms with Crippen molar-refractivity contribution in [2.24, 2.45) is 0 Å². The van der Waals surface area contributed by atoms with Gasteiger partial charge in [-0.05, 0) is 102 Å². The van der Waals surface area contributed by atoms with E-state index < -0.39 is 32.3 Å². The van der Waals surface area contributed by atoms with Crippen LogP contribution >= 0.6 is 0 Å². The van der Waals surface area contributed by atoms with Crippen LogP contribution in [0.2, 0.25) is 66.5 Å². The van der Waals surface area contributed by atoms with E-state index in [2.05, 4.69) is 297 Å². The van der Waals surface area contributed by atoms with Crippen LogP contribution in [0.4, 0.5) is 0 Å². The number of fused-ring (bicyclic) bond motifs is 10. The van der Waals surface area contributed by atoms with Crippen LogP contribution in [0.25, 0.3) is 87.2 Å². The summed E-state index contributed by atoms with van der Waals surface area (Å²) in [5.41, 5.74) is 32.7. The fourth-order valence-corrected chi connectivity index (χ4v) is 38.0. The Balaban J connectivity index is 1.45. The van der Waals surface area contributed by atoms with Gasteiger partial charge in [-0.3, -0.25) is 0 Å². The molecule has 0 fully saturated rings. The molecule has 2 heterocycles. The Morgan fingerprint density at radius 3 is 0.686 bits per heavy atom. The monoisotopic (exact) mass is 1200 g/mol. The van der Waals surface area contributed by atoms with Crippen molar-refractivity contribution in [1.82, 2.24) is 19.9 Å². The molecule has 0 N–H and O–H groups in total. The SMILES string of the molecule is CC(C)[Si](C#Cc1c2ccccc2c(C#C[Si](C(C)C)(C(C)C)C(C)C)c2nc3c(ccc4cc5ccc6nc7c(C#C[Si](C(C)C)(C(C)C)C(C)C)c8ccccc8c(C#C[Si](C(C)C)(C(C)C)C(C)C)c7nc6c5cc43)nc12)(C(C)C)C(C)C. The molecule has 86 heavy (non-hydrogen) atoms. The van der Waals surface area contributed by atoms with Gasteiger partial charge in [0.15, 0.2) is 0 Å². The van der Waals surface area contributed by atoms with Crippen molar-refractivity contribution in [3.63, 3.8) is 0 Å². The third-order valence-electron chi connectivity index (χ3n) is 21.4. The summed E-state index contributed by atoms with van der Waals surface area (Å²) in [7, 11) is -8.69. The summed E-state index contributed by atoms with van der Waals surface area (Å²) in [5.74, 6) is 15.9. The predicted molar refractivity (Wildman–Crippen MR) is 389 cm³/mol. The lowest BCUT2D eigenvalue weighted by molar-refractivity contribution is 0.838. The minimum atomic E-state index is -2.19. The number of hydrogen-bond donors (Lipinski definition) is 0. The number of benzene rings is 7. The summed E-state index contributed by atoms with van der Waals surface area (Å²) < 4.78 is 0. The second kappa shape index (κ2) is 24.5. The molecular weight excluding hydrogens is 1110 g/mol. The van der Waals surface area contributed by atoms with Crippen LogP contribution in [0.1, 0.15) is 188 Å². The minimum Gasteiger partial charge on any atom is -0.243 e. The van der Waals surface area contributed by atoms with Crippen LogP contribution in [-0.4, -0.2) is 52.2 Å². The van der Waals surface area contributed by atoms with Gasteiger partial charge in [0.05, 0.1) is 44.3 Å². The lowest BCUT2D eigenvalue weighted by atomic mass is 9.96. The molecule has 9 aromatic rings. The highest BCUT2D eigenvalue weighted by atomic mass is 28.3. The van der Waals surface area contributed by atoms with Crippen molar-refractivity contribution in [2.45, 2.75) is 233 Å². The van der Waals surface area contributed by atoms with Gasteiger partial charge in [-0.15, -0.1) is 22.2 Å². The van der Waals surface area contributed by atoms with Crippen LogP contribution < -0.4 is 0 Å². The Morgan fingerprint density at radius 1 is 0.244 bits per heavy atom. The van der Waals surface area contributed by atoms with E-state index in [1.165, 1.54) is 0 Å². The van der Waals surface area contributed by atoms with E-state index in [1.807, 2.05) is 0 Å². The van der Waals surface area contributed by atoms with Crippen LogP contribution in [0.15, 0.2) is 84.9 Å². The Bertz CT molecular complexity index is 4030. The van der Waals surface area contributed by atoms with E-state index in [1.54, 1.807) is 0 Å². The highest BCUT2D eigenvalue weighted by Gasteiger charge is 2.45. The summed E-state index contributed by atoms with van der Waals surface area (Å²) in [4.78, 5) is 23.3.